The molecule has 1 N–H and O–H groups in total. The van der Waals surface area contributed by atoms with Crippen molar-refractivity contribution in [3.05, 3.63) is 36.5 Å². The van der Waals surface area contributed by atoms with E-state index in [0.29, 0.717) is 5.57 Å². The van der Waals surface area contributed by atoms with Gasteiger partial charge in [0, 0.05) is 19.7 Å². The first-order chi connectivity index (χ1) is 13.2. The Hall–Kier alpha value is -1.88. The zero-order valence-corrected chi connectivity index (χ0v) is 19.0. The Morgan fingerprint density at radius 2 is 1.75 bits per heavy atom. The van der Waals surface area contributed by atoms with Gasteiger partial charge in [-0.1, -0.05) is 71.9 Å². The molecule has 160 valence electrons. The first-order valence-corrected chi connectivity index (χ1v) is 10.2. The molecule has 3 unspecified atom stereocenters. The Labute approximate surface area is 171 Å². The molecule has 0 saturated heterocycles. The zero-order valence-electron chi connectivity index (χ0n) is 19.0. The van der Waals surface area contributed by atoms with Gasteiger partial charge in [-0.05, 0) is 25.2 Å². The van der Waals surface area contributed by atoms with Crippen LogP contribution >= 0.6 is 0 Å². The molecule has 0 aromatic carbocycles. The third kappa shape index (κ3) is 7.63. The summed E-state index contributed by atoms with van der Waals surface area (Å²) in [6.45, 7) is 15.5. The molecule has 0 aliphatic carbocycles. The van der Waals surface area contributed by atoms with Crippen molar-refractivity contribution < 1.29 is 14.3 Å². The first kappa shape index (κ1) is 26.1. The molecule has 5 nitrogen and oxygen atoms in total. The van der Waals surface area contributed by atoms with Gasteiger partial charge in [-0.25, -0.2) is 0 Å². The van der Waals surface area contributed by atoms with E-state index in [0.717, 1.165) is 12.8 Å². The molecule has 5 heteroatoms. The van der Waals surface area contributed by atoms with Crippen LogP contribution in [0.1, 0.15) is 54.4 Å². The van der Waals surface area contributed by atoms with Crippen LogP contribution < -0.4 is 5.32 Å². The predicted molar refractivity (Wildman–Crippen MR) is 117 cm³/mol. The smallest absolute Gasteiger partial charge is 0.247 e. The average Bonchev–Trinajstić information content (AvgIpc) is 2.68. The number of nitrogens with zero attached hydrogens (tertiary/aromatic N) is 1. The van der Waals surface area contributed by atoms with Gasteiger partial charge < -0.3 is 15.0 Å². The van der Waals surface area contributed by atoms with Crippen LogP contribution in [0.4, 0.5) is 0 Å². The van der Waals surface area contributed by atoms with Crippen molar-refractivity contribution in [3.63, 3.8) is 0 Å². The Morgan fingerprint density at radius 1 is 1.14 bits per heavy atom. The van der Waals surface area contributed by atoms with E-state index < -0.39 is 6.04 Å². The fourth-order valence-corrected chi connectivity index (χ4v) is 3.28. The number of amides is 2. The highest BCUT2D eigenvalue weighted by atomic mass is 16.5. The van der Waals surface area contributed by atoms with Gasteiger partial charge in [0.2, 0.25) is 11.8 Å². The maximum absolute atomic E-state index is 13.3. The van der Waals surface area contributed by atoms with Crippen LogP contribution in [0.2, 0.25) is 0 Å². The summed E-state index contributed by atoms with van der Waals surface area (Å²) in [6, 6.07) is -0.636. The van der Waals surface area contributed by atoms with E-state index in [1.807, 2.05) is 20.9 Å². The normalized spacial score (nSPS) is 16.5. The van der Waals surface area contributed by atoms with Crippen LogP contribution in [0.15, 0.2) is 36.5 Å². The molecule has 0 radical (unpaired) electrons. The lowest BCUT2D eigenvalue weighted by molar-refractivity contribution is -0.142. The van der Waals surface area contributed by atoms with Crippen LogP contribution in [0.5, 0.6) is 0 Å². The number of hydrogen-bond donors (Lipinski definition) is 1. The topological polar surface area (TPSA) is 58.6 Å². The van der Waals surface area contributed by atoms with Crippen LogP contribution in [-0.2, 0) is 14.3 Å². The molecular weight excluding hydrogens is 352 g/mol. The van der Waals surface area contributed by atoms with Gasteiger partial charge >= 0.3 is 0 Å². The molecule has 4 atom stereocenters. The van der Waals surface area contributed by atoms with Crippen molar-refractivity contribution >= 4 is 11.8 Å². The maximum atomic E-state index is 13.3. The third-order valence-electron chi connectivity index (χ3n) is 5.28. The molecule has 0 aliphatic heterocycles. The first-order valence-electron chi connectivity index (χ1n) is 10.2. The van der Waals surface area contributed by atoms with Gasteiger partial charge in [0.05, 0.1) is 12.1 Å². The number of nitrogens with one attached hydrogen (secondary N) is 1. The highest BCUT2D eigenvalue weighted by Gasteiger charge is 2.36. The van der Waals surface area contributed by atoms with Crippen molar-refractivity contribution in [1.82, 2.24) is 10.2 Å². The van der Waals surface area contributed by atoms with E-state index in [2.05, 4.69) is 32.7 Å². The second kappa shape index (κ2) is 13.3. The fourth-order valence-electron chi connectivity index (χ4n) is 3.28. The Morgan fingerprint density at radius 3 is 2.18 bits per heavy atom. The highest BCUT2D eigenvalue weighted by Crippen LogP contribution is 2.23. The number of carbonyl (C=O) groups is 2. The second-order valence-corrected chi connectivity index (χ2v) is 7.67. The molecule has 0 rings (SSSR count). The number of hydrogen-bond acceptors (Lipinski definition) is 3. The van der Waals surface area contributed by atoms with Crippen LogP contribution in [0, 0.1) is 11.8 Å². The SMILES string of the molecule is C=C/C=C\C=C(/C)C(=O)N[C@H](C(=O)N(C)C(C(C)CC)C(CC)OC)C(C)C. The minimum Gasteiger partial charge on any atom is -0.379 e. The molecule has 28 heavy (non-hydrogen) atoms. The van der Waals surface area contributed by atoms with Gasteiger partial charge in [-0.2, -0.15) is 0 Å². The van der Waals surface area contributed by atoms with Crippen LogP contribution in [0.3, 0.4) is 0 Å². The van der Waals surface area contributed by atoms with Gasteiger partial charge in [-0.3, -0.25) is 9.59 Å². The summed E-state index contributed by atoms with van der Waals surface area (Å²) < 4.78 is 5.66. The summed E-state index contributed by atoms with van der Waals surface area (Å²) >= 11 is 0. The largest absolute Gasteiger partial charge is 0.379 e. The maximum Gasteiger partial charge on any atom is 0.247 e. The molecule has 0 aliphatic rings. The number of carbonyl (C=O) groups excluding carboxylic acids is 2. The molecule has 0 aromatic heterocycles. The predicted octanol–water partition coefficient (Wildman–Crippen LogP) is 4.11. The van der Waals surface area contributed by atoms with Gasteiger partial charge in [0.15, 0.2) is 0 Å². The monoisotopic (exact) mass is 392 g/mol. The molecular formula is C23H40N2O3. The summed E-state index contributed by atoms with van der Waals surface area (Å²) in [5.74, 6) is -0.0738. The number of likely N-dealkylation sites (N-methyl/N-ethyl adjacent to an activating group) is 1. The van der Waals surface area contributed by atoms with E-state index in [9.17, 15) is 9.59 Å². The molecule has 0 bridgehead atoms. The number of methoxy groups -OCH3 is 1. The molecule has 0 saturated carbocycles. The lowest BCUT2D eigenvalue weighted by atomic mass is 9.90. The van der Waals surface area contributed by atoms with Crippen molar-refractivity contribution in [3.8, 4) is 0 Å². The van der Waals surface area contributed by atoms with E-state index in [1.165, 1.54) is 0 Å². The summed E-state index contributed by atoms with van der Waals surface area (Å²) in [5.41, 5.74) is 0.543. The van der Waals surface area contributed by atoms with E-state index in [-0.39, 0.29) is 35.8 Å². The number of ether oxygens (including phenoxy) is 1. The van der Waals surface area contributed by atoms with Crippen molar-refractivity contribution in [1.29, 1.82) is 0 Å². The Kier molecular flexibility index (Phi) is 12.4. The summed E-state index contributed by atoms with van der Waals surface area (Å²) in [7, 11) is 3.51. The fraction of sp³-hybridized carbons (Fsp3) is 0.652. The molecule has 0 aromatic rings. The highest BCUT2D eigenvalue weighted by molar-refractivity contribution is 5.96. The van der Waals surface area contributed by atoms with Crippen molar-refractivity contribution in [2.45, 2.75) is 72.6 Å². The van der Waals surface area contributed by atoms with E-state index >= 15 is 0 Å². The van der Waals surface area contributed by atoms with Crippen molar-refractivity contribution in [2.24, 2.45) is 11.8 Å². The molecule has 0 spiro atoms. The summed E-state index contributed by atoms with van der Waals surface area (Å²) in [4.78, 5) is 27.6. The minimum absolute atomic E-state index is 0.0318. The minimum atomic E-state index is -0.592. The molecule has 0 fully saturated rings. The Bertz CT molecular complexity index is 562. The third-order valence-corrected chi connectivity index (χ3v) is 5.28. The summed E-state index contributed by atoms with van der Waals surface area (Å²) in [5, 5.41) is 2.91. The van der Waals surface area contributed by atoms with Gasteiger partial charge in [0.25, 0.3) is 0 Å². The number of rotatable bonds is 12. The van der Waals surface area contributed by atoms with E-state index in [4.69, 9.17) is 4.74 Å². The lowest BCUT2D eigenvalue weighted by Crippen LogP contribution is -2.56. The lowest BCUT2D eigenvalue weighted by Gasteiger charge is -2.39. The van der Waals surface area contributed by atoms with Gasteiger partial charge in [0.1, 0.15) is 6.04 Å². The standard InChI is InChI=1S/C23H40N2O3/c1-10-13-14-15-18(7)22(26)24-20(16(4)5)23(27)25(8)21(17(6)11-2)19(12-3)28-9/h10,13-17,19-21H,1,11-12H2,2-9H3,(H,24,26)/b14-13-,18-15+/t17?,19?,20-,21?/m0/s1. The molecule has 2 amide bonds. The Balaban J connectivity index is 5.57. The summed E-state index contributed by atoms with van der Waals surface area (Å²) in [6.07, 6.45) is 8.58. The van der Waals surface area contributed by atoms with Crippen LogP contribution in [0.25, 0.3) is 0 Å². The van der Waals surface area contributed by atoms with Crippen molar-refractivity contribution in [2.75, 3.05) is 14.2 Å². The van der Waals surface area contributed by atoms with Gasteiger partial charge in [-0.15, -0.1) is 0 Å². The second-order valence-electron chi connectivity index (χ2n) is 7.67. The van der Waals surface area contributed by atoms with E-state index in [1.54, 1.807) is 43.2 Å². The van der Waals surface area contributed by atoms with Crippen LogP contribution in [-0.4, -0.2) is 49.1 Å². The number of allylic oxidation sites excluding steroid dienone is 4. The average molecular weight is 393 g/mol. The molecule has 0 heterocycles. The zero-order chi connectivity index (χ0) is 21.9. The quantitative estimate of drug-likeness (QED) is 0.402.